The van der Waals surface area contributed by atoms with E-state index < -0.39 is 6.36 Å². The number of halogens is 3. The lowest BCUT2D eigenvalue weighted by molar-refractivity contribution is -0.274. The van der Waals surface area contributed by atoms with Gasteiger partial charge < -0.3 is 9.47 Å². The number of methoxy groups -OCH3 is 1. The number of aromatic nitrogens is 3. The van der Waals surface area contributed by atoms with Crippen LogP contribution in [0.4, 0.5) is 13.2 Å². The molecule has 4 fully saturated rings. The highest BCUT2D eigenvalue weighted by Gasteiger charge is 2.62. The summed E-state index contributed by atoms with van der Waals surface area (Å²) >= 11 is 0. The van der Waals surface area contributed by atoms with Gasteiger partial charge in [0.05, 0.1) is 6.61 Å². The van der Waals surface area contributed by atoms with E-state index >= 15 is 0 Å². The van der Waals surface area contributed by atoms with E-state index in [0.29, 0.717) is 28.7 Å². The average molecular weight is 548 g/mol. The molecule has 0 saturated heterocycles. The molecule has 0 bridgehead atoms. The molecule has 2 aromatic rings. The molecule has 8 unspecified atom stereocenters. The lowest BCUT2D eigenvalue weighted by atomic mass is 9.44. The van der Waals surface area contributed by atoms with Crippen LogP contribution in [0.15, 0.2) is 18.2 Å². The molecule has 0 N–H and O–H groups in total. The van der Waals surface area contributed by atoms with Crippen molar-refractivity contribution in [3.05, 3.63) is 18.2 Å². The van der Waals surface area contributed by atoms with Gasteiger partial charge in [-0.15, -0.1) is 13.2 Å². The van der Waals surface area contributed by atoms with Gasteiger partial charge in [0.15, 0.2) is 5.78 Å². The number of fused-ring (bicyclic) bond motifs is 6. The number of nitrogens with zero attached hydrogens (tertiary/aromatic N) is 3. The lowest BCUT2D eigenvalue weighted by Crippen LogP contribution is -2.56. The molecule has 1 aromatic carbocycles. The molecule has 1 aromatic heterocycles. The first-order valence-corrected chi connectivity index (χ1v) is 14.6. The number of ether oxygens (including phenoxy) is 2. The Morgan fingerprint density at radius 1 is 1.05 bits per heavy atom. The second kappa shape index (κ2) is 9.74. The summed E-state index contributed by atoms with van der Waals surface area (Å²) in [6.45, 7) is 5.65. The first-order valence-electron chi connectivity index (χ1n) is 14.6. The van der Waals surface area contributed by atoms with Crippen molar-refractivity contribution >= 4 is 16.8 Å². The minimum atomic E-state index is -4.77. The molecule has 0 aliphatic heterocycles. The van der Waals surface area contributed by atoms with Crippen LogP contribution < -0.4 is 4.74 Å². The van der Waals surface area contributed by atoms with Crippen LogP contribution in [0, 0.1) is 46.3 Å². The molecular formula is C30H40F3N3O3. The second-order valence-corrected chi connectivity index (χ2v) is 13.3. The summed E-state index contributed by atoms with van der Waals surface area (Å²) < 4.78 is 47.7. The number of alkyl halides is 3. The van der Waals surface area contributed by atoms with Gasteiger partial charge in [-0.3, -0.25) is 4.79 Å². The number of hydrogen-bond acceptors (Lipinski definition) is 5. The zero-order chi connectivity index (χ0) is 27.6. The third-order valence-electron chi connectivity index (χ3n) is 11.4. The topological polar surface area (TPSA) is 66.2 Å². The number of ketones is 1. The van der Waals surface area contributed by atoms with Crippen LogP contribution in [-0.4, -0.2) is 40.9 Å². The molecule has 4 saturated carbocycles. The molecule has 0 radical (unpaired) electrons. The smallest absolute Gasteiger partial charge is 0.406 e. The molecular weight excluding hydrogens is 507 g/mol. The average Bonchev–Trinajstić information content (AvgIpc) is 3.43. The summed E-state index contributed by atoms with van der Waals surface area (Å²) in [5.74, 6) is 3.20. The van der Waals surface area contributed by atoms with E-state index in [9.17, 15) is 18.0 Å². The largest absolute Gasteiger partial charge is 0.573 e. The van der Waals surface area contributed by atoms with Gasteiger partial charge >= 0.3 is 6.36 Å². The maximum atomic E-state index is 13.7. The van der Waals surface area contributed by atoms with Crippen molar-refractivity contribution in [3.8, 4) is 5.75 Å². The van der Waals surface area contributed by atoms with Crippen LogP contribution in [-0.2, 0) is 16.1 Å². The number of rotatable bonds is 6. The molecule has 8 atom stereocenters. The maximum Gasteiger partial charge on any atom is 0.573 e. The quantitative estimate of drug-likeness (QED) is 0.397. The highest BCUT2D eigenvalue weighted by Crippen LogP contribution is 2.68. The minimum absolute atomic E-state index is 0.0262. The summed E-state index contributed by atoms with van der Waals surface area (Å²) in [5, 5.41) is 8.68. The van der Waals surface area contributed by atoms with Crippen molar-refractivity contribution in [1.29, 1.82) is 0 Å². The molecule has 6 nitrogen and oxygen atoms in total. The predicted octanol–water partition coefficient (Wildman–Crippen LogP) is 6.82. The van der Waals surface area contributed by atoms with E-state index in [2.05, 4.69) is 28.8 Å². The first-order chi connectivity index (χ1) is 18.5. The third-order valence-corrected chi connectivity index (χ3v) is 11.4. The van der Waals surface area contributed by atoms with Crippen molar-refractivity contribution in [1.82, 2.24) is 15.0 Å². The Bertz CT molecular complexity index is 1230. The van der Waals surface area contributed by atoms with Crippen molar-refractivity contribution in [2.45, 2.75) is 84.5 Å². The standard InChI is InChI=1S/C30H40F3N3O3/c1-18-10-13-29(17-38-3)19(14-18)4-6-21-22-7-8-24(28(22,2)12-11-23(21)29)27(37)16-36-34-25-9-5-20(15-26(25)35-36)39-30(31,32)33/h5,9,15,18-19,21-24H,4,6-8,10-14,16-17H2,1-3H3. The predicted molar refractivity (Wildman–Crippen MR) is 140 cm³/mol. The third kappa shape index (κ3) is 4.66. The van der Waals surface area contributed by atoms with Crippen LogP contribution in [0.1, 0.15) is 71.6 Å². The summed E-state index contributed by atoms with van der Waals surface area (Å²) in [4.78, 5) is 15.0. The Morgan fingerprint density at radius 2 is 1.85 bits per heavy atom. The fourth-order valence-corrected chi connectivity index (χ4v) is 9.80. The zero-order valence-electron chi connectivity index (χ0n) is 23.2. The molecule has 1 heterocycles. The number of hydrogen-bond donors (Lipinski definition) is 0. The van der Waals surface area contributed by atoms with E-state index in [1.807, 2.05) is 7.11 Å². The minimum Gasteiger partial charge on any atom is -0.406 e. The fourth-order valence-electron chi connectivity index (χ4n) is 9.80. The highest BCUT2D eigenvalue weighted by atomic mass is 19.4. The van der Waals surface area contributed by atoms with Gasteiger partial charge in [0.25, 0.3) is 0 Å². The van der Waals surface area contributed by atoms with E-state index in [1.165, 1.54) is 61.5 Å². The Labute approximate surface area is 228 Å². The van der Waals surface area contributed by atoms with Crippen LogP contribution in [0.5, 0.6) is 5.75 Å². The summed E-state index contributed by atoms with van der Waals surface area (Å²) in [7, 11) is 1.86. The van der Waals surface area contributed by atoms with Crippen LogP contribution >= 0.6 is 0 Å². The van der Waals surface area contributed by atoms with Crippen LogP contribution in [0.25, 0.3) is 11.0 Å². The van der Waals surface area contributed by atoms with E-state index in [4.69, 9.17) is 4.74 Å². The Balaban J connectivity index is 1.18. The van der Waals surface area contributed by atoms with Gasteiger partial charge in [-0.25, -0.2) is 0 Å². The number of carbonyl (C=O) groups excluding carboxylic acids is 1. The van der Waals surface area contributed by atoms with Gasteiger partial charge in [-0.1, -0.05) is 20.3 Å². The molecule has 4 aliphatic rings. The molecule has 0 spiro atoms. The molecule has 214 valence electrons. The van der Waals surface area contributed by atoms with Crippen LogP contribution in [0.3, 0.4) is 0 Å². The molecule has 39 heavy (non-hydrogen) atoms. The number of Topliss-reactive ketones (excluding diaryl/α,β-unsaturated/α-hetero) is 1. The van der Waals surface area contributed by atoms with Crippen molar-refractivity contribution < 1.29 is 27.4 Å². The Morgan fingerprint density at radius 3 is 2.62 bits per heavy atom. The first kappa shape index (κ1) is 27.0. The summed E-state index contributed by atoms with van der Waals surface area (Å²) in [5.41, 5.74) is 0.987. The van der Waals surface area contributed by atoms with Crippen molar-refractivity contribution in [2.75, 3.05) is 13.7 Å². The summed E-state index contributed by atoms with van der Waals surface area (Å²) in [6.07, 6.45) is 5.88. The van der Waals surface area contributed by atoms with Crippen LogP contribution in [0.2, 0.25) is 0 Å². The summed E-state index contributed by atoms with van der Waals surface area (Å²) in [6, 6.07) is 3.87. The molecule has 4 aliphatic carbocycles. The Hall–Kier alpha value is -2.16. The fraction of sp³-hybridized carbons (Fsp3) is 0.767. The number of carbonyl (C=O) groups is 1. The van der Waals surface area contributed by atoms with Crippen molar-refractivity contribution in [2.24, 2.45) is 46.3 Å². The van der Waals surface area contributed by atoms with E-state index in [0.717, 1.165) is 37.7 Å². The SMILES string of the molecule is COCC12CCC(C)CC1CCC1C3CCC(C(=O)Cn4nc5ccc(OC(F)(F)F)cc5n4)C3(C)CCC12. The van der Waals surface area contributed by atoms with Crippen molar-refractivity contribution in [3.63, 3.8) is 0 Å². The number of benzene rings is 1. The Kier molecular flexibility index (Phi) is 6.75. The molecule has 6 rings (SSSR count). The zero-order valence-corrected chi connectivity index (χ0v) is 23.2. The van der Waals surface area contributed by atoms with Gasteiger partial charge in [0.2, 0.25) is 0 Å². The second-order valence-electron chi connectivity index (χ2n) is 13.3. The maximum absolute atomic E-state index is 13.7. The van der Waals surface area contributed by atoms with Gasteiger partial charge in [-0.05, 0) is 104 Å². The van der Waals surface area contributed by atoms with Gasteiger partial charge in [0, 0.05) is 19.1 Å². The molecule has 9 heteroatoms. The lowest BCUT2D eigenvalue weighted by Gasteiger charge is -2.61. The normalized spacial score (nSPS) is 38.2. The monoisotopic (exact) mass is 547 g/mol. The van der Waals surface area contributed by atoms with E-state index in [-0.39, 0.29) is 34.9 Å². The van der Waals surface area contributed by atoms with Gasteiger partial charge in [0.1, 0.15) is 23.3 Å². The van der Waals surface area contributed by atoms with Gasteiger partial charge in [-0.2, -0.15) is 15.0 Å². The van der Waals surface area contributed by atoms with E-state index in [1.54, 1.807) is 0 Å². The molecule has 0 amide bonds. The highest BCUT2D eigenvalue weighted by molar-refractivity contribution is 5.82.